The maximum atomic E-state index is 12.6. The fourth-order valence-electron chi connectivity index (χ4n) is 2.70. The van der Waals surface area contributed by atoms with E-state index < -0.39 is 5.41 Å². The number of rotatable bonds is 4. The zero-order valence-corrected chi connectivity index (χ0v) is 15.3. The lowest BCUT2D eigenvalue weighted by Crippen LogP contribution is -2.31. The number of pyridine rings is 1. The second kappa shape index (κ2) is 6.85. The molecule has 1 heterocycles. The Balaban J connectivity index is 1.79. The molecule has 128 valence electrons. The van der Waals surface area contributed by atoms with Crippen molar-refractivity contribution in [2.24, 2.45) is 0 Å². The minimum atomic E-state index is -0.727. The second-order valence-corrected chi connectivity index (χ2v) is 7.06. The van der Waals surface area contributed by atoms with E-state index in [-0.39, 0.29) is 12.6 Å². The van der Waals surface area contributed by atoms with E-state index in [2.05, 4.69) is 4.98 Å². The highest BCUT2D eigenvalue weighted by Gasteiger charge is 2.31. The highest BCUT2D eigenvalue weighted by molar-refractivity contribution is 6.30. The normalized spacial score (nSPS) is 11.5. The third kappa shape index (κ3) is 3.67. The maximum Gasteiger partial charge on any atom is 0.316 e. The Bertz CT molecular complexity index is 920. The number of fused-ring (bicyclic) bond motifs is 1. The van der Waals surface area contributed by atoms with Crippen LogP contribution in [0.3, 0.4) is 0 Å². The van der Waals surface area contributed by atoms with Crippen molar-refractivity contribution < 1.29 is 9.53 Å². The SMILES string of the molecule is Cc1ccc2cc(COC(=O)C(C)(C)c3ccccc3)c(Cl)nc2c1. The van der Waals surface area contributed by atoms with Crippen molar-refractivity contribution >= 4 is 28.5 Å². The first-order chi connectivity index (χ1) is 11.9. The van der Waals surface area contributed by atoms with Crippen LogP contribution < -0.4 is 0 Å². The molecule has 4 heteroatoms. The standard InChI is InChI=1S/C21H20ClNO2/c1-14-9-10-15-12-16(19(22)23-18(15)11-14)13-25-20(24)21(2,3)17-7-5-4-6-8-17/h4-12H,13H2,1-3H3. The molecular weight excluding hydrogens is 334 g/mol. The van der Waals surface area contributed by atoms with Gasteiger partial charge < -0.3 is 4.74 Å². The molecule has 2 aromatic carbocycles. The number of halogens is 1. The average molecular weight is 354 g/mol. The largest absolute Gasteiger partial charge is 0.460 e. The molecule has 0 radical (unpaired) electrons. The first kappa shape index (κ1) is 17.4. The van der Waals surface area contributed by atoms with E-state index >= 15 is 0 Å². The highest BCUT2D eigenvalue weighted by Crippen LogP contribution is 2.27. The van der Waals surface area contributed by atoms with Crippen LogP contribution >= 0.6 is 11.6 Å². The second-order valence-electron chi connectivity index (χ2n) is 6.70. The summed E-state index contributed by atoms with van der Waals surface area (Å²) in [6.07, 6.45) is 0. The Morgan fingerprint density at radius 2 is 1.84 bits per heavy atom. The van der Waals surface area contributed by atoms with E-state index in [1.54, 1.807) is 0 Å². The van der Waals surface area contributed by atoms with E-state index in [4.69, 9.17) is 16.3 Å². The first-order valence-corrected chi connectivity index (χ1v) is 8.54. The van der Waals surface area contributed by atoms with E-state index in [0.717, 1.165) is 22.0 Å². The molecule has 0 bridgehead atoms. The van der Waals surface area contributed by atoms with Crippen LogP contribution in [0.2, 0.25) is 5.15 Å². The molecule has 0 saturated carbocycles. The highest BCUT2D eigenvalue weighted by atomic mass is 35.5. The summed E-state index contributed by atoms with van der Waals surface area (Å²) in [5.74, 6) is -0.293. The summed E-state index contributed by atoms with van der Waals surface area (Å²) in [6, 6.07) is 17.5. The lowest BCUT2D eigenvalue weighted by molar-refractivity contribution is -0.150. The average Bonchev–Trinajstić information content (AvgIpc) is 2.60. The Morgan fingerprint density at radius 3 is 2.56 bits per heavy atom. The lowest BCUT2D eigenvalue weighted by atomic mass is 9.85. The lowest BCUT2D eigenvalue weighted by Gasteiger charge is -2.23. The van der Waals surface area contributed by atoms with Gasteiger partial charge in [0.25, 0.3) is 0 Å². The fourth-order valence-corrected chi connectivity index (χ4v) is 2.90. The molecule has 0 atom stereocenters. The van der Waals surface area contributed by atoms with Gasteiger partial charge in [0.05, 0.1) is 10.9 Å². The van der Waals surface area contributed by atoms with Gasteiger partial charge in [-0.3, -0.25) is 4.79 Å². The van der Waals surface area contributed by atoms with Crippen LogP contribution in [0.1, 0.15) is 30.5 Å². The van der Waals surface area contributed by atoms with Gasteiger partial charge in [0, 0.05) is 10.9 Å². The zero-order valence-electron chi connectivity index (χ0n) is 14.5. The summed E-state index contributed by atoms with van der Waals surface area (Å²) in [6.45, 7) is 5.82. The molecule has 1 aromatic heterocycles. The summed E-state index contributed by atoms with van der Waals surface area (Å²) in [5.41, 5.74) is 2.85. The van der Waals surface area contributed by atoms with Crippen LogP contribution in [0, 0.1) is 6.92 Å². The Morgan fingerprint density at radius 1 is 1.12 bits per heavy atom. The molecule has 0 N–H and O–H groups in total. The van der Waals surface area contributed by atoms with E-state index in [9.17, 15) is 4.79 Å². The van der Waals surface area contributed by atoms with Crippen molar-refractivity contribution in [3.63, 3.8) is 0 Å². The predicted molar refractivity (Wildman–Crippen MR) is 101 cm³/mol. The molecule has 25 heavy (non-hydrogen) atoms. The third-order valence-electron chi connectivity index (χ3n) is 4.36. The van der Waals surface area contributed by atoms with Crippen LogP contribution in [0.5, 0.6) is 0 Å². The molecule has 0 fully saturated rings. The number of aromatic nitrogens is 1. The quantitative estimate of drug-likeness (QED) is 0.477. The smallest absolute Gasteiger partial charge is 0.316 e. The van der Waals surface area contributed by atoms with Crippen molar-refractivity contribution in [3.05, 3.63) is 76.4 Å². The van der Waals surface area contributed by atoms with Gasteiger partial charge in [0.1, 0.15) is 11.8 Å². The Hall–Kier alpha value is -2.39. The number of benzene rings is 2. The van der Waals surface area contributed by atoms with Crippen LogP contribution in [-0.2, 0) is 21.6 Å². The van der Waals surface area contributed by atoms with Crippen LogP contribution in [-0.4, -0.2) is 11.0 Å². The first-order valence-electron chi connectivity index (χ1n) is 8.16. The van der Waals surface area contributed by atoms with E-state index in [1.165, 1.54) is 0 Å². The number of carbonyl (C=O) groups is 1. The number of esters is 1. The van der Waals surface area contributed by atoms with Gasteiger partial charge >= 0.3 is 5.97 Å². The van der Waals surface area contributed by atoms with Gasteiger partial charge in [0.2, 0.25) is 0 Å². The Labute approximate surface area is 152 Å². The summed E-state index contributed by atoms with van der Waals surface area (Å²) >= 11 is 6.27. The minimum Gasteiger partial charge on any atom is -0.460 e. The molecular formula is C21H20ClNO2. The van der Waals surface area contributed by atoms with Crippen molar-refractivity contribution in [1.82, 2.24) is 4.98 Å². The molecule has 3 nitrogen and oxygen atoms in total. The van der Waals surface area contributed by atoms with Crippen molar-refractivity contribution in [2.75, 3.05) is 0 Å². The van der Waals surface area contributed by atoms with E-state index in [0.29, 0.717) is 10.7 Å². The molecule has 0 aliphatic heterocycles. The monoisotopic (exact) mass is 353 g/mol. The van der Waals surface area contributed by atoms with Crippen molar-refractivity contribution in [1.29, 1.82) is 0 Å². The number of carbonyl (C=O) groups excluding carboxylic acids is 1. The van der Waals surface area contributed by atoms with E-state index in [1.807, 2.05) is 75.4 Å². The molecule has 3 aromatic rings. The van der Waals surface area contributed by atoms with Gasteiger partial charge in [-0.1, -0.05) is 54.1 Å². The summed E-state index contributed by atoms with van der Waals surface area (Å²) < 4.78 is 5.54. The minimum absolute atomic E-state index is 0.102. The van der Waals surface area contributed by atoms with Gasteiger partial charge in [-0.05, 0) is 44.0 Å². The zero-order chi connectivity index (χ0) is 18.0. The number of nitrogens with zero attached hydrogens (tertiary/aromatic N) is 1. The molecule has 0 unspecified atom stereocenters. The van der Waals surface area contributed by atoms with Gasteiger partial charge in [-0.2, -0.15) is 0 Å². The topological polar surface area (TPSA) is 39.2 Å². The predicted octanol–water partition coefficient (Wildman–Crippen LogP) is 5.22. The van der Waals surface area contributed by atoms with Gasteiger partial charge in [-0.15, -0.1) is 0 Å². The van der Waals surface area contributed by atoms with Crippen molar-refractivity contribution in [2.45, 2.75) is 32.8 Å². The molecule has 0 saturated heterocycles. The van der Waals surface area contributed by atoms with Crippen molar-refractivity contribution in [3.8, 4) is 0 Å². The Kier molecular flexibility index (Phi) is 4.78. The number of hydrogen-bond donors (Lipinski definition) is 0. The summed E-state index contributed by atoms with van der Waals surface area (Å²) in [5, 5.41) is 1.34. The van der Waals surface area contributed by atoms with Crippen LogP contribution in [0.25, 0.3) is 10.9 Å². The van der Waals surface area contributed by atoms with Gasteiger partial charge in [0.15, 0.2) is 0 Å². The molecule has 0 spiro atoms. The number of aryl methyl sites for hydroxylation is 1. The number of ether oxygens (including phenoxy) is 1. The molecule has 0 amide bonds. The fraction of sp³-hybridized carbons (Fsp3) is 0.238. The van der Waals surface area contributed by atoms with Crippen LogP contribution in [0.4, 0.5) is 0 Å². The summed E-state index contributed by atoms with van der Waals surface area (Å²) in [4.78, 5) is 17.0. The molecule has 0 aliphatic rings. The number of hydrogen-bond acceptors (Lipinski definition) is 3. The van der Waals surface area contributed by atoms with Crippen LogP contribution in [0.15, 0.2) is 54.6 Å². The van der Waals surface area contributed by atoms with Gasteiger partial charge in [-0.25, -0.2) is 4.98 Å². The maximum absolute atomic E-state index is 12.6. The summed E-state index contributed by atoms with van der Waals surface area (Å²) in [7, 11) is 0. The molecule has 3 rings (SSSR count). The third-order valence-corrected chi connectivity index (χ3v) is 4.69. The molecule has 0 aliphatic carbocycles.